The first-order valence-electron chi connectivity index (χ1n) is 8.97. The van der Waals surface area contributed by atoms with Crippen LogP contribution in [-0.2, 0) is 11.3 Å². The molecule has 1 aromatic carbocycles. The molecule has 3 aromatic heterocycles. The van der Waals surface area contributed by atoms with Crippen LogP contribution in [0.3, 0.4) is 0 Å². The highest BCUT2D eigenvalue weighted by atomic mass is 79.9. The van der Waals surface area contributed by atoms with E-state index in [-0.39, 0.29) is 23.1 Å². The number of carbonyl (C=O) groups excluding carboxylic acids is 1. The number of halogens is 1. The highest BCUT2D eigenvalue weighted by molar-refractivity contribution is 9.10. The van der Waals surface area contributed by atoms with Crippen LogP contribution in [0.5, 0.6) is 0 Å². The van der Waals surface area contributed by atoms with Crippen LogP contribution in [0.1, 0.15) is 13.8 Å². The van der Waals surface area contributed by atoms with E-state index in [0.717, 1.165) is 15.7 Å². The highest BCUT2D eigenvalue weighted by Gasteiger charge is 2.19. The number of hydrogen-bond donors (Lipinski definition) is 1. The Morgan fingerprint density at radius 3 is 2.90 bits per heavy atom. The fraction of sp³-hybridized carbons (Fsp3) is 0.263. The molecule has 0 aliphatic carbocycles. The summed E-state index contributed by atoms with van der Waals surface area (Å²) >= 11 is 6.09. The summed E-state index contributed by atoms with van der Waals surface area (Å²) in [6.07, 6.45) is 0. The molecule has 0 atom stereocenters. The number of anilines is 1. The van der Waals surface area contributed by atoms with Gasteiger partial charge in [-0.1, -0.05) is 47.6 Å². The summed E-state index contributed by atoms with van der Waals surface area (Å²) in [6.45, 7) is 4.67. The molecule has 0 saturated heterocycles. The maximum Gasteiger partial charge on any atom is 0.272 e. The smallest absolute Gasteiger partial charge is 0.272 e. The lowest BCUT2D eigenvalue weighted by Gasteiger charge is -2.11. The Morgan fingerprint density at radius 1 is 1.31 bits per heavy atom. The molecule has 0 bridgehead atoms. The van der Waals surface area contributed by atoms with Gasteiger partial charge in [0, 0.05) is 16.7 Å². The fourth-order valence-corrected chi connectivity index (χ4v) is 4.98. The summed E-state index contributed by atoms with van der Waals surface area (Å²) in [5, 5.41) is 13.9. The quantitative estimate of drug-likeness (QED) is 0.407. The largest absolute Gasteiger partial charge is 0.325 e. The second kappa shape index (κ2) is 8.29. The minimum Gasteiger partial charge on any atom is -0.325 e. The SMILES string of the molecule is CC(C)Cn1c(=O)c2sccc2n2c(SCC(=O)Nc3cccc(Br)c3)nnc12. The standard InChI is InChI=1S/C19H18BrN5O2S2/c1-11(2)9-24-17(27)16-14(6-7-28-16)25-18(24)22-23-19(25)29-10-15(26)21-13-5-3-4-12(20)8-13/h3-8,11H,9-10H2,1-2H3,(H,21,26). The van der Waals surface area contributed by atoms with Crippen molar-refractivity contribution >= 4 is 66.6 Å². The molecule has 1 N–H and O–H groups in total. The topological polar surface area (TPSA) is 81.3 Å². The summed E-state index contributed by atoms with van der Waals surface area (Å²) in [5.74, 6) is 0.839. The van der Waals surface area contributed by atoms with Gasteiger partial charge in [-0.15, -0.1) is 21.5 Å². The van der Waals surface area contributed by atoms with Gasteiger partial charge in [-0.2, -0.15) is 0 Å². The van der Waals surface area contributed by atoms with E-state index in [9.17, 15) is 9.59 Å². The first-order chi connectivity index (χ1) is 13.9. The van der Waals surface area contributed by atoms with E-state index in [2.05, 4.69) is 45.3 Å². The zero-order chi connectivity index (χ0) is 20.5. The number of thioether (sulfide) groups is 1. The summed E-state index contributed by atoms with van der Waals surface area (Å²) in [5.41, 5.74) is 1.45. The van der Waals surface area contributed by atoms with Crippen molar-refractivity contribution in [3.63, 3.8) is 0 Å². The summed E-state index contributed by atoms with van der Waals surface area (Å²) in [4.78, 5) is 25.2. The van der Waals surface area contributed by atoms with Crippen LogP contribution in [0, 0.1) is 5.92 Å². The Morgan fingerprint density at radius 2 is 2.14 bits per heavy atom. The normalized spacial score (nSPS) is 11.6. The number of benzene rings is 1. The number of aromatic nitrogens is 4. The number of rotatable bonds is 6. The van der Waals surface area contributed by atoms with E-state index in [1.54, 1.807) is 4.57 Å². The minimum atomic E-state index is -0.137. The molecule has 4 aromatic rings. The second-order valence-electron chi connectivity index (χ2n) is 6.91. The molecule has 3 heterocycles. The second-order valence-corrected chi connectivity index (χ2v) is 9.68. The van der Waals surface area contributed by atoms with Crippen molar-refractivity contribution in [2.45, 2.75) is 25.5 Å². The third-order valence-corrected chi connectivity index (χ3v) is 6.48. The number of nitrogens with one attached hydrogen (secondary N) is 1. The van der Waals surface area contributed by atoms with Crippen molar-refractivity contribution in [1.29, 1.82) is 0 Å². The molecule has 0 aliphatic rings. The van der Waals surface area contributed by atoms with Gasteiger partial charge >= 0.3 is 0 Å². The Kier molecular flexibility index (Phi) is 5.75. The predicted molar refractivity (Wildman–Crippen MR) is 121 cm³/mol. The first kappa shape index (κ1) is 20.1. The lowest BCUT2D eigenvalue weighted by molar-refractivity contribution is -0.113. The van der Waals surface area contributed by atoms with Crippen molar-refractivity contribution in [2.75, 3.05) is 11.1 Å². The lowest BCUT2D eigenvalue weighted by atomic mass is 10.2. The average molecular weight is 492 g/mol. The Hall–Kier alpha value is -2.17. The molecule has 0 saturated carbocycles. The van der Waals surface area contributed by atoms with Crippen LogP contribution in [-0.4, -0.2) is 30.8 Å². The van der Waals surface area contributed by atoms with Crippen LogP contribution in [0.2, 0.25) is 0 Å². The zero-order valence-corrected chi connectivity index (χ0v) is 19.0. The van der Waals surface area contributed by atoms with Crippen molar-refractivity contribution in [3.8, 4) is 0 Å². The predicted octanol–water partition coefficient (Wildman–Crippen LogP) is 4.26. The molecule has 29 heavy (non-hydrogen) atoms. The zero-order valence-electron chi connectivity index (χ0n) is 15.8. The van der Waals surface area contributed by atoms with Gasteiger partial charge in [0.25, 0.3) is 5.56 Å². The molecule has 150 valence electrons. The average Bonchev–Trinajstić information content (AvgIpc) is 3.30. The Balaban J connectivity index is 1.64. The first-order valence-corrected chi connectivity index (χ1v) is 11.6. The fourth-order valence-electron chi connectivity index (χ4n) is 3.02. The van der Waals surface area contributed by atoms with Crippen molar-refractivity contribution in [3.05, 3.63) is 50.5 Å². The highest BCUT2D eigenvalue weighted by Crippen LogP contribution is 2.25. The van der Waals surface area contributed by atoms with Gasteiger partial charge in [-0.3, -0.25) is 18.6 Å². The van der Waals surface area contributed by atoms with E-state index in [1.807, 2.05) is 40.1 Å². The molecule has 4 rings (SSSR count). The molecule has 1 amide bonds. The molecule has 10 heteroatoms. The van der Waals surface area contributed by atoms with Crippen LogP contribution in [0.25, 0.3) is 16.0 Å². The molecule has 0 aliphatic heterocycles. The number of hydrogen-bond acceptors (Lipinski definition) is 6. The number of fused-ring (bicyclic) bond motifs is 3. The van der Waals surface area contributed by atoms with E-state index in [4.69, 9.17) is 0 Å². The monoisotopic (exact) mass is 491 g/mol. The molecule has 7 nitrogen and oxygen atoms in total. The van der Waals surface area contributed by atoms with Crippen molar-refractivity contribution in [1.82, 2.24) is 19.2 Å². The molecule has 0 spiro atoms. The lowest BCUT2D eigenvalue weighted by Crippen LogP contribution is -2.24. The van der Waals surface area contributed by atoms with Gasteiger partial charge < -0.3 is 5.32 Å². The summed E-state index contributed by atoms with van der Waals surface area (Å²) < 4.78 is 5.10. The molecular weight excluding hydrogens is 474 g/mol. The number of thiophene rings is 1. The van der Waals surface area contributed by atoms with Gasteiger partial charge in [-0.05, 0) is 35.6 Å². The summed E-state index contributed by atoms with van der Waals surface area (Å²) in [6, 6.07) is 9.33. The van der Waals surface area contributed by atoms with Crippen LogP contribution >= 0.6 is 39.0 Å². The molecule has 0 radical (unpaired) electrons. The number of amides is 1. The van der Waals surface area contributed by atoms with E-state index in [0.29, 0.717) is 22.2 Å². The third kappa shape index (κ3) is 4.10. The van der Waals surface area contributed by atoms with Crippen LogP contribution in [0.4, 0.5) is 5.69 Å². The Bertz CT molecular complexity index is 1260. The van der Waals surface area contributed by atoms with Crippen LogP contribution in [0.15, 0.2) is 50.1 Å². The van der Waals surface area contributed by atoms with Gasteiger partial charge in [0.05, 0.1) is 11.3 Å². The van der Waals surface area contributed by atoms with Crippen molar-refractivity contribution < 1.29 is 4.79 Å². The summed E-state index contributed by atoms with van der Waals surface area (Å²) in [7, 11) is 0. The van der Waals surface area contributed by atoms with E-state index in [1.165, 1.54) is 23.1 Å². The van der Waals surface area contributed by atoms with Gasteiger partial charge in [0.2, 0.25) is 11.7 Å². The third-order valence-electron chi connectivity index (χ3n) is 4.17. The van der Waals surface area contributed by atoms with E-state index < -0.39 is 0 Å². The molecular formula is C19H18BrN5O2S2. The maximum absolute atomic E-state index is 12.9. The van der Waals surface area contributed by atoms with Gasteiger partial charge in [0.1, 0.15) is 4.70 Å². The minimum absolute atomic E-state index is 0.0486. The van der Waals surface area contributed by atoms with Gasteiger partial charge in [-0.25, -0.2) is 0 Å². The molecule has 0 unspecified atom stereocenters. The Labute approximate surface area is 183 Å². The van der Waals surface area contributed by atoms with E-state index >= 15 is 0 Å². The van der Waals surface area contributed by atoms with Gasteiger partial charge in [0.15, 0.2) is 5.16 Å². The van der Waals surface area contributed by atoms with Crippen LogP contribution < -0.4 is 10.9 Å². The molecule has 0 fully saturated rings. The van der Waals surface area contributed by atoms with Crippen molar-refractivity contribution in [2.24, 2.45) is 5.92 Å². The number of carbonyl (C=O) groups is 1. The maximum atomic E-state index is 12.9. The number of nitrogens with zero attached hydrogens (tertiary/aromatic N) is 4.